The number of carbonyl (C=O) groups is 5. The Kier molecular flexibility index (Phi) is 13.7. The topological polar surface area (TPSA) is 159 Å². The molecule has 0 aliphatic carbocycles. The number of furan rings is 1. The van der Waals surface area contributed by atoms with Gasteiger partial charge in [-0.3, -0.25) is 29.2 Å². The quantitative estimate of drug-likeness (QED) is 0.0750. The molecule has 0 radical (unpaired) electrons. The van der Waals surface area contributed by atoms with Gasteiger partial charge in [-0.2, -0.15) is 0 Å². The molecule has 1 N–H and O–H groups in total. The van der Waals surface area contributed by atoms with Crippen LogP contribution < -0.4 is 10.2 Å². The molecule has 2 unspecified atom stereocenters. The SMILES string of the molecule is CCCC(=O)OC(C)OC(=O)NC(=O)c1cc2cc(N3CCN(CCCCc4cn(C(=O)OC(C)OC(=O)CCC)c5ccc(C)cc45)CC3)ccc2o1. The molecule has 1 saturated heterocycles. The number of unbranched alkanes of at least 4 members (excludes halogenated alkanes) is 1. The molecule has 290 valence electrons. The van der Waals surface area contributed by atoms with E-state index in [0.29, 0.717) is 18.4 Å². The summed E-state index contributed by atoms with van der Waals surface area (Å²) in [6.07, 6.45) is 2.56. The first-order chi connectivity index (χ1) is 25.9. The number of ether oxygens (including phenoxy) is 4. The maximum Gasteiger partial charge on any atom is 0.421 e. The van der Waals surface area contributed by atoms with Crippen LogP contribution in [0.5, 0.6) is 0 Å². The lowest BCUT2D eigenvalue weighted by Gasteiger charge is -2.36. The Hall–Kier alpha value is -5.37. The van der Waals surface area contributed by atoms with Crippen LogP contribution in [0.2, 0.25) is 0 Å². The second-order valence-electron chi connectivity index (χ2n) is 13.5. The summed E-state index contributed by atoms with van der Waals surface area (Å²) in [6, 6.07) is 13.3. The van der Waals surface area contributed by atoms with Crippen molar-refractivity contribution < 1.29 is 47.3 Å². The normalized spacial score (nSPS) is 14.4. The zero-order chi connectivity index (χ0) is 38.8. The van der Waals surface area contributed by atoms with Gasteiger partial charge in [-0.15, -0.1) is 0 Å². The molecule has 2 aromatic carbocycles. The van der Waals surface area contributed by atoms with Crippen LogP contribution in [0, 0.1) is 6.92 Å². The van der Waals surface area contributed by atoms with Crippen LogP contribution >= 0.6 is 0 Å². The number of carbonyl (C=O) groups excluding carboxylic acids is 5. The summed E-state index contributed by atoms with van der Waals surface area (Å²) >= 11 is 0. The number of rotatable bonds is 15. The van der Waals surface area contributed by atoms with Crippen molar-refractivity contribution in [2.24, 2.45) is 0 Å². The van der Waals surface area contributed by atoms with Crippen molar-refractivity contribution >= 4 is 57.6 Å². The molecule has 0 saturated carbocycles. The Bertz CT molecular complexity index is 1960. The maximum absolute atomic E-state index is 13.1. The highest BCUT2D eigenvalue weighted by molar-refractivity contribution is 6.03. The zero-order valence-corrected chi connectivity index (χ0v) is 31.7. The molecule has 54 heavy (non-hydrogen) atoms. The Morgan fingerprint density at radius 3 is 2.19 bits per heavy atom. The maximum atomic E-state index is 13.1. The fourth-order valence-electron chi connectivity index (χ4n) is 6.46. The van der Waals surface area contributed by atoms with E-state index < -0.39 is 42.6 Å². The number of nitrogens with one attached hydrogen (secondary N) is 1. The largest absolute Gasteiger partial charge is 0.451 e. The lowest BCUT2D eigenvalue weighted by Crippen LogP contribution is -2.46. The number of piperazine rings is 1. The summed E-state index contributed by atoms with van der Waals surface area (Å²) in [5.74, 6) is -1.70. The second-order valence-corrected chi connectivity index (χ2v) is 13.5. The van der Waals surface area contributed by atoms with E-state index in [-0.39, 0.29) is 18.6 Å². The van der Waals surface area contributed by atoms with E-state index in [1.54, 1.807) is 13.0 Å². The van der Waals surface area contributed by atoms with Gasteiger partial charge < -0.3 is 28.3 Å². The minimum atomic E-state index is -1.14. The molecular formula is C40H50N4O10. The summed E-state index contributed by atoms with van der Waals surface area (Å²) in [7, 11) is 0. The lowest BCUT2D eigenvalue weighted by atomic mass is 10.1. The minimum Gasteiger partial charge on any atom is -0.451 e. The molecule has 5 rings (SSSR count). The fraction of sp³-hybridized carbons (Fsp3) is 0.475. The second kappa shape index (κ2) is 18.6. The van der Waals surface area contributed by atoms with Crippen LogP contribution in [0.15, 0.2) is 53.1 Å². The van der Waals surface area contributed by atoms with Crippen LogP contribution in [-0.2, 0) is 35.0 Å². The number of nitrogens with zero attached hydrogens (tertiary/aromatic N) is 3. The van der Waals surface area contributed by atoms with Gasteiger partial charge in [0, 0.05) is 75.5 Å². The minimum absolute atomic E-state index is 0.0427. The summed E-state index contributed by atoms with van der Waals surface area (Å²) in [5.41, 5.74) is 4.45. The summed E-state index contributed by atoms with van der Waals surface area (Å²) in [5, 5.41) is 3.84. The molecule has 1 fully saturated rings. The van der Waals surface area contributed by atoms with Gasteiger partial charge in [-0.1, -0.05) is 25.5 Å². The van der Waals surface area contributed by atoms with E-state index >= 15 is 0 Å². The van der Waals surface area contributed by atoms with E-state index in [1.807, 2.05) is 57.3 Å². The van der Waals surface area contributed by atoms with Crippen molar-refractivity contribution in [1.82, 2.24) is 14.8 Å². The van der Waals surface area contributed by atoms with Crippen molar-refractivity contribution in [2.75, 3.05) is 37.6 Å². The van der Waals surface area contributed by atoms with Gasteiger partial charge in [0.15, 0.2) is 5.76 Å². The third-order valence-corrected chi connectivity index (χ3v) is 9.13. The smallest absolute Gasteiger partial charge is 0.421 e. The number of anilines is 1. The van der Waals surface area contributed by atoms with Crippen molar-refractivity contribution in [3.63, 3.8) is 0 Å². The number of hydrogen-bond donors (Lipinski definition) is 1. The molecule has 14 heteroatoms. The van der Waals surface area contributed by atoms with Crippen molar-refractivity contribution in [2.45, 2.75) is 92.1 Å². The molecule has 1 aliphatic rings. The summed E-state index contributed by atoms with van der Waals surface area (Å²) in [6.45, 7) is 13.1. The van der Waals surface area contributed by atoms with Crippen molar-refractivity contribution in [3.05, 3.63) is 65.5 Å². The molecule has 2 atom stereocenters. The van der Waals surface area contributed by atoms with Gasteiger partial charge in [-0.05, 0) is 87.5 Å². The molecule has 3 heterocycles. The standard InChI is InChI=1S/C40H50N4O10/c1-6-10-36(45)50-27(4)52-39(48)41-38(47)35-24-30-23-31(14-16-34(30)54-35)43-20-18-42(19-21-43)17-9-8-12-29-25-44(33-15-13-26(3)22-32(29)33)40(49)53-28(5)51-37(46)11-7-2/h13-16,22-25,27-28H,6-12,17-21H2,1-5H3,(H,41,47,48). The highest BCUT2D eigenvalue weighted by Crippen LogP contribution is 2.27. The lowest BCUT2D eigenvalue weighted by molar-refractivity contribution is -0.166. The number of alkyl carbamates (subject to hydrolysis) is 1. The van der Waals surface area contributed by atoms with Gasteiger partial charge >= 0.3 is 24.1 Å². The number of imide groups is 1. The third-order valence-electron chi connectivity index (χ3n) is 9.13. The predicted molar refractivity (Wildman–Crippen MR) is 201 cm³/mol. The molecule has 2 aromatic heterocycles. The number of esters is 2. The Morgan fingerprint density at radius 2 is 1.50 bits per heavy atom. The first kappa shape index (κ1) is 39.8. The Morgan fingerprint density at radius 1 is 0.815 bits per heavy atom. The van der Waals surface area contributed by atoms with E-state index in [2.05, 4.69) is 21.2 Å². The van der Waals surface area contributed by atoms with Gasteiger partial charge in [-0.25, -0.2) is 9.59 Å². The molecule has 2 amide bonds. The van der Waals surface area contributed by atoms with Crippen LogP contribution in [-0.4, -0.2) is 84.8 Å². The van der Waals surface area contributed by atoms with Gasteiger partial charge in [0.2, 0.25) is 12.6 Å². The Balaban J connectivity index is 1.08. The van der Waals surface area contributed by atoms with Crippen LogP contribution in [0.25, 0.3) is 21.9 Å². The number of benzene rings is 2. The van der Waals surface area contributed by atoms with E-state index in [1.165, 1.54) is 11.5 Å². The molecule has 1 aliphatic heterocycles. The summed E-state index contributed by atoms with van der Waals surface area (Å²) < 4.78 is 27.8. The number of hydrogen-bond acceptors (Lipinski definition) is 12. The average Bonchev–Trinajstić information content (AvgIpc) is 3.71. The molecule has 0 bridgehead atoms. The number of aryl methyl sites for hydroxylation is 2. The highest BCUT2D eigenvalue weighted by Gasteiger charge is 2.22. The van der Waals surface area contributed by atoms with Crippen molar-refractivity contribution in [1.29, 1.82) is 0 Å². The summed E-state index contributed by atoms with van der Waals surface area (Å²) in [4.78, 5) is 66.1. The number of fused-ring (bicyclic) bond motifs is 2. The monoisotopic (exact) mass is 746 g/mol. The zero-order valence-electron chi connectivity index (χ0n) is 31.7. The number of aromatic nitrogens is 1. The predicted octanol–water partition coefficient (Wildman–Crippen LogP) is 7.07. The average molecular weight is 747 g/mol. The first-order valence-corrected chi connectivity index (χ1v) is 18.7. The van der Waals surface area contributed by atoms with E-state index in [0.717, 1.165) is 85.1 Å². The fourth-order valence-corrected chi connectivity index (χ4v) is 6.46. The van der Waals surface area contributed by atoms with Gasteiger partial charge in [0.25, 0.3) is 5.91 Å². The molecular weight excluding hydrogens is 696 g/mol. The van der Waals surface area contributed by atoms with Crippen LogP contribution in [0.1, 0.15) is 87.9 Å². The number of amides is 2. The third kappa shape index (κ3) is 10.6. The Labute approximate surface area is 314 Å². The van der Waals surface area contributed by atoms with Gasteiger partial charge in [0.05, 0.1) is 5.52 Å². The molecule has 0 spiro atoms. The van der Waals surface area contributed by atoms with E-state index in [4.69, 9.17) is 23.4 Å². The van der Waals surface area contributed by atoms with Crippen molar-refractivity contribution in [3.8, 4) is 0 Å². The highest BCUT2D eigenvalue weighted by atomic mass is 16.7. The van der Waals surface area contributed by atoms with Crippen LogP contribution in [0.4, 0.5) is 15.3 Å². The molecule has 4 aromatic rings. The first-order valence-electron chi connectivity index (χ1n) is 18.7. The van der Waals surface area contributed by atoms with E-state index in [9.17, 15) is 24.0 Å². The van der Waals surface area contributed by atoms with Gasteiger partial charge in [0.1, 0.15) is 5.58 Å². The van der Waals surface area contributed by atoms with Crippen LogP contribution in [0.3, 0.4) is 0 Å². The molecule has 14 nitrogen and oxygen atoms in total.